The number of benzene rings is 2. The first-order chi connectivity index (χ1) is 14.4. The van der Waals surface area contributed by atoms with E-state index in [1.165, 1.54) is 14.9 Å². The minimum atomic E-state index is -3.59. The molecule has 1 amide bonds. The minimum Gasteiger partial charge on any atom is -0.322 e. The summed E-state index contributed by atoms with van der Waals surface area (Å²) in [6.07, 6.45) is 2.18. The van der Waals surface area contributed by atoms with Crippen LogP contribution in [0.15, 0.2) is 76.6 Å². The van der Waals surface area contributed by atoms with Crippen molar-refractivity contribution in [1.29, 1.82) is 0 Å². The van der Waals surface area contributed by atoms with Gasteiger partial charge in [0.1, 0.15) is 5.56 Å². The molecule has 0 fully saturated rings. The van der Waals surface area contributed by atoms with E-state index >= 15 is 0 Å². The Morgan fingerprint density at radius 1 is 1.00 bits per heavy atom. The van der Waals surface area contributed by atoms with Gasteiger partial charge in [0.05, 0.1) is 4.90 Å². The van der Waals surface area contributed by atoms with E-state index in [0.717, 1.165) is 11.1 Å². The Kier molecular flexibility index (Phi) is 5.27. The van der Waals surface area contributed by atoms with Crippen molar-refractivity contribution in [1.82, 2.24) is 8.87 Å². The number of pyridine rings is 1. The molecule has 154 valence electrons. The van der Waals surface area contributed by atoms with Crippen LogP contribution in [0.1, 0.15) is 21.5 Å². The molecule has 0 spiro atoms. The van der Waals surface area contributed by atoms with Crippen LogP contribution >= 0.6 is 0 Å². The Morgan fingerprint density at radius 2 is 1.77 bits per heavy atom. The fraction of sp³-hybridized carbons (Fsp3) is 0.182. The maximum Gasteiger partial charge on any atom is 0.263 e. The number of carbonyl (C=O) groups excluding carboxylic acids is 1. The second-order valence-corrected chi connectivity index (χ2v) is 9.12. The highest BCUT2D eigenvalue weighted by Gasteiger charge is 2.28. The number of amides is 1. The Bertz CT molecular complexity index is 1270. The highest BCUT2D eigenvalue weighted by Crippen LogP contribution is 2.27. The molecule has 1 aromatic heterocycles. The Labute approximate surface area is 174 Å². The zero-order valence-corrected chi connectivity index (χ0v) is 17.2. The molecular formula is C22H21N3O4S. The molecular weight excluding hydrogens is 402 g/mol. The maximum atomic E-state index is 12.9. The summed E-state index contributed by atoms with van der Waals surface area (Å²) in [5, 5.41) is 2.74. The number of aromatic nitrogens is 1. The third kappa shape index (κ3) is 3.79. The predicted octanol–water partition coefficient (Wildman–Crippen LogP) is 2.38. The van der Waals surface area contributed by atoms with Gasteiger partial charge in [0.2, 0.25) is 10.0 Å². The third-order valence-electron chi connectivity index (χ3n) is 5.19. The van der Waals surface area contributed by atoms with Crippen molar-refractivity contribution in [2.24, 2.45) is 7.05 Å². The third-order valence-corrected chi connectivity index (χ3v) is 7.05. The van der Waals surface area contributed by atoms with E-state index in [1.807, 2.05) is 6.07 Å². The number of sulfonamides is 1. The normalized spacial score (nSPS) is 14.2. The van der Waals surface area contributed by atoms with Gasteiger partial charge >= 0.3 is 0 Å². The molecule has 1 aliphatic rings. The highest BCUT2D eigenvalue weighted by molar-refractivity contribution is 7.89. The fourth-order valence-electron chi connectivity index (χ4n) is 3.52. The van der Waals surface area contributed by atoms with E-state index in [-0.39, 0.29) is 22.6 Å². The van der Waals surface area contributed by atoms with Gasteiger partial charge in [-0.1, -0.05) is 24.3 Å². The zero-order chi connectivity index (χ0) is 21.3. The average molecular weight is 423 g/mol. The van der Waals surface area contributed by atoms with Crippen molar-refractivity contribution in [3.8, 4) is 0 Å². The molecule has 0 aliphatic carbocycles. The predicted molar refractivity (Wildman–Crippen MR) is 114 cm³/mol. The minimum absolute atomic E-state index is 0.0472. The van der Waals surface area contributed by atoms with Crippen LogP contribution < -0.4 is 10.9 Å². The van der Waals surface area contributed by atoms with Crippen LogP contribution in [-0.4, -0.2) is 29.7 Å². The summed E-state index contributed by atoms with van der Waals surface area (Å²) in [7, 11) is -2.01. The van der Waals surface area contributed by atoms with Crippen LogP contribution in [0.2, 0.25) is 0 Å². The Hall–Kier alpha value is -3.23. The first-order valence-corrected chi connectivity index (χ1v) is 10.9. The fourth-order valence-corrected chi connectivity index (χ4v) is 4.96. The number of carbonyl (C=O) groups is 1. The Morgan fingerprint density at radius 3 is 2.53 bits per heavy atom. The van der Waals surface area contributed by atoms with E-state index in [0.29, 0.717) is 18.7 Å². The second-order valence-electron chi connectivity index (χ2n) is 7.18. The zero-order valence-electron chi connectivity index (χ0n) is 16.4. The number of nitrogens with one attached hydrogen (secondary N) is 1. The summed E-state index contributed by atoms with van der Waals surface area (Å²) >= 11 is 0. The smallest absolute Gasteiger partial charge is 0.263 e. The van der Waals surface area contributed by atoms with Gasteiger partial charge in [-0.05, 0) is 53.9 Å². The molecule has 0 saturated carbocycles. The van der Waals surface area contributed by atoms with Crippen molar-refractivity contribution >= 4 is 21.6 Å². The van der Waals surface area contributed by atoms with E-state index in [2.05, 4.69) is 5.32 Å². The van der Waals surface area contributed by atoms with Gasteiger partial charge in [-0.15, -0.1) is 0 Å². The lowest BCUT2D eigenvalue weighted by molar-refractivity contribution is 0.102. The topological polar surface area (TPSA) is 88.5 Å². The van der Waals surface area contributed by atoms with Crippen molar-refractivity contribution in [3.05, 3.63) is 93.9 Å². The van der Waals surface area contributed by atoms with Crippen LogP contribution in [0.4, 0.5) is 5.69 Å². The van der Waals surface area contributed by atoms with Crippen LogP contribution in [0.25, 0.3) is 0 Å². The van der Waals surface area contributed by atoms with E-state index in [4.69, 9.17) is 0 Å². The number of hydrogen-bond donors (Lipinski definition) is 1. The summed E-state index contributed by atoms with van der Waals surface area (Å²) in [5.41, 5.74) is 2.06. The summed E-state index contributed by atoms with van der Waals surface area (Å²) < 4.78 is 28.7. The van der Waals surface area contributed by atoms with Crippen LogP contribution in [-0.2, 0) is 30.0 Å². The lowest BCUT2D eigenvalue weighted by Crippen LogP contribution is -2.36. The molecule has 1 N–H and O–H groups in total. The van der Waals surface area contributed by atoms with Crippen molar-refractivity contribution in [2.75, 3.05) is 11.9 Å². The summed E-state index contributed by atoms with van der Waals surface area (Å²) in [6.45, 7) is 0.624. The largest absolute Gasteiger partial charge is 0.322 e. The maximum absolute atomic E-state index is 12.9. The molecule has 8 heteroatoms. The van der Waals surface area contributed by atoms with E-state index in [1.54, 1.807) is 61.8 Å². The van der Waals surface area contributed by atoms with Crippen LogP contribution in [0.5, 0.6) is 0 Å². The van der Waals surface area contributed by atoms with Crippen molar-refractivity contribution in [2.45, 2.75) is 17.9 Å². The van der Waals surface area contributed by atoms with Gasteiger partial charge in [-0.3, -0.25) is 9.59 Å². The lowest BCUT2D eigenvalue weighted by atomic mass is 10.0. The number of rotatable bonds is 4. The highest BCUT2D eigenvalue weighted by atomic mass is 32.2. The molecule has 0 atom stereocenters. The number of fused-ring (bicyclic) bond motifs is 1. The van der Waals surface area contributed by atoms with Gasteiger partial charge in [0, 0.05) is 32.0 Å². The molecule has 0 bridgehead atoms. The molecule has 2 aromatic carbocycles. The van der Waals surface area contributed by atoms with Crippen molar-refractivity contribution < 1.29 is 13.2 Å². The SMILES string of the molecule is Cn1cccc(C(=O)Nc2ccc3c(c2)CN(S(=O)(=O)c2ccccc2)CC3)c1=O. The quantitative estimate of drug-likeness (QED) is 0.698. The number of aryl methyl sites for hydroxylation is 1. The standard InChI is InChI=1S/C22H21N3O4S/c1-24-12-5-8-20(22(24)27)21(26)23-18-10-9-16-11-13-25(15-17(16)14-18)30(28,29)19-6-3-2-4-7-19/h2-10,12,14H,11,13,15H2,1H3,(H,23,26). The molecule has 0 radical (unpaired) electrons. The second kappa shape index (κ2) is 7.89. The van der Waals surface area contributed by atoms with Gasteiger partial charge in [0.25, 0.3) is 11.5 Å². The average Bonchev–Trinajstić information content (AvgIpc) is 2.75. The van der Waals surface area contributed by atoms with E-state index < -0.39 is 15.9 Å². The first kappa shape index (κ1) is 20.1. The molecule has 0 unspecified atom stereocenters. The van der Waals surface area contributed by atoms with Crippen LogP contribution in [0.3, 0.4) is 0 Å². The Balaban J connectivity index is 1.57. The number of anilines is 1. The van der Waals surface area contributed by atoms with Gasteiger partial charge in [-0.25, -0.2) is 8.42 Å². The molecule has 30 heavy (non-hydrogen) atoms. The van der Waals surface area contributed by atoms with Crippen LogP contribution in [0, 0.1) is 0 Å². The molecule has 2 heterocycles. The van der Waals surface area contributed by atoms with Gasteiger partial charge < -0.3 is 9.88 Å². The molecule has 1 aliphatic heterocycles. The first-order valence-electron chi connectivity index (χ1n) is 9.50. The molecule has 7 nitrogen and oxygen atoms in total. The summed E-state index contributed by atoms with van der Waals surface area (Å²) in [4.78, 5) is 24.9. The van der Waals surface area contributed by atoms with Gasteiger partial charge in [-0.2, -0.15) is 4.31 Å². The lowest BCUT2D eigenvalue weighted by Gasteiger charge is -2.28. The monoisotopic (exact) mass is 423 g/mol. The molecule has 3 aromatic rings. The van der Waals surface area contributed by atoms with Gasteiger partial charge in [0.15, 0.2) is 0 Å². The summed E-state index contributed by atoms with van der Waals surface area (Å²) in [6, 6.07) is 16.9. The summed E-state index contributed by atoms with van der Waals surface area (Å²) in [5.74, 6) is -0.499. The number of nitrogens with zero attached hydrogens (tertiary/aromatic N) is 2. The van der Waals surface area contributed by atoms with Crippen molar-refractivity contribution in [3.63, 3.8) is 0 Å². The van der Waals surface area contributed by atoms with E-state index in [9.17, 15) is 18.0 Å². The molecule has 0 saturated heterocycles. The molecule has 4 rings (SSSR count). The number of hydrogen-bond acceptors (Lipinski definition) is 4.